The average Bonchev–Trinajstić information content (AvgIpc) is 2.24. The first-order valence-electron chi connectivity index (χ1n) is 5.58. The summed E-state index contributed by atoms with van der Waals surface area (Å²) in [6.45, 7) is 0. The van der Waals surface area contributed by atoms with Gasteiger partial charge in [0.15, 0.2) is 5.78 Å². The molecule has 0 atom stereocenters. The molecule has 0 aromatic rings. The molecular weight excluding hydrogens is 178 g/mol. The fourth-order valence-electron chi connectivity index (χ4n) is 1.85. The lowest BCUT2D eigenvalue weighted by Gasteiger charge is -2.01. The highest BCUT2D eigenvalue weighted by Gasteiger charge is 2.12. The van der Waals surface area contributed by atoms with Crippen molar-refractivity contribution in [1.82, 2.24) is 0 Å². The SMILES string of the molecule is O=C1CCCCCCCCCC1=NO. The molecule has 0 bridgehead atoms. The third-order valence-corrected chi connectivity index (χ3v) is 2.76. The second-order valence-corrected chi connectivity index (χ2v) is 3.94. The highest BCUT2D eigenvalue weighted by atomic mass is 16.4. The quantitative estimate of drug-likeness (QED) is 0.479. The van der Waals surface area contributed by atoms with Crippen molar-refractivity contribution in [2.45, 2.75) is 57.8 Å². The van der Waals surface area contributed by atoms with Gasteiger partial charge in [0.25, 0.3) is 0 Å². The van der Waals surface area contributed by atoms with Crippen LogP contribution >= 0.6 is 0 Å². The predicted molar refractivity (Wildman–Crippen MR) is 55.8 cm³/mol. The second-order valence-electron chi connectivity index (χ2n) is 3.94. The van der Waals surface area contributed by atoms with Gasteiger partial charge in [-0.05, 0) is 19.3 Å². The van der Waals surface area contributed by atoms with Gasteiger partial charge >= 0.3 is 0 Å². The Balaban J connectivity index is 2.46. The van der Waals surface area contributed by atoms with Gasteiger partial charge in [0, 0.05) is 6.42 Å². The Bertz CT molecular complexity index is 211. The van der Waals surface area contributed by atoms with E-state index < -0.39 is 0 Å². The zero-order valence-electron chi connectivity index (χ0n) is 8.67. The molecule has 0 aromatic carbocycles. The van der Waals surface area contributed by atoms with E-state index in [0.29, 0.717) is 18.6 Å². The predicted octanol–water partition coefficient (Wildman–Crippen LogP) is 2.91. The number of carbonyl (C=O) groups is 1. The normalized spacial score (nSPS) is 24.6. The maximum absolute atomic E-state index is 11.5. The molecular formula is C11H19NO2. The summed E-state index contributed by atoms with van der Waals surface area (Å²) in [6.07, 6.45) is 9.15. The number of rotatable bonds is 0. The zero-order chi connectivity index (χ0) is 10.2. The fraction of sp³-hybridized carbons (Fsp3) is 0.818. The van der Waals surface area contributed by atoms with Crippen LogP contribution in [0.5, 0.6) is 0 Å². The first-order chi connectivity index (χ1) is 6.84. The maximum atomic E-state index is 11.5. The molecule has 0 heterocycles. The van der Waals surface area contributed by atoms with Crippen LogP contribution in [-0.4, -0.2) is 16.7 Å². The summed E-state index contributed by atoms with van der Waals surface area (Å²) in [4.78, 5) is 11.5. The Morgan fingerprint density at radius 1 is 0.857 bits per heavy atom. The van der Waals surface area contributed by atoms with Crippen LogP contribution in [0.25, 0.3) is 0 Å². The van der Waals surface area contributed by atoms with E-state index in [-0.39, 0.29) is 5.78 Å². The van der Waals surface area contributed by atoms with Gasteiger partial charge < -0.3 is 5.21 Å². The Labute approximate surface area is 85.2 Å². The Hall–Kier alpha value is -0.860. The van der Waals surface area contributed by atoms with Crippen LogP contribution < -0.4 is 0 Å². The van der Waals surface area contributed by atoms with Gasteiger partial charge in [-0.3, -0.25) is 4.79 Å². The maximum Gasteiger partial charge on any atom is 0.180 e. The number of Topliss-reactive ketones (excluding diaryl/α,β-unsaturated/α-hetero) is 1. The lowest BCUT2D eigenvalue weighted by atomic mass is 10.1. The fourth-order valence-corrected chi connectivity index (χ4v) is 1.85. The third kappa shape index (κ3) is 3.90. The van der Waals surface area contributed by atoms with Crippen molar-refractivity contribution in [3.63, 3.8) is 0 Å². The average molecular weight is 197 g/mol. The van der Waals surface area contributed by atoms with Crippen molar-refractivity contribution in [1.29, 1.82) is 0 Å². The summed E-state index contributed by atoms with van der Waals surface area (Å²) in [5, 5.41) is 11.8. The number of hydrogen-bond acceptors (Lipinski definition) is 3. The minimum absolute atomic E-state index is 0.0365. The van der Waals surface area contributed by atoms with Crippen molar-refractivity contribution in [3.05, 3.63) is 0 Å². The van der Waals surface area contributed by atoms with Crippen molar-refractivity contribution >= 4 is 11.5 Å². The van der Waals surface area contributed by atoms with Gasteiger partial charge in [0.05, 0.1) is 0 Å². The van der Waals surface area contributed by atoms with Gasteiger partial charge in [-0.15, -0.1) is 0 Å². The molecule has 0 aliphatic heterocycles. The number of hydrogen-bond donors (Lipinski definition) is 1. The van der Waals surface area contributed by atoms with Gasteiger partial charge in [-0.25, -0.2) is 0 Å². The topological polar surface area (TPSA) is 49.7 Å². The van der Waals surface area contributed by atoms with E-state index in [1.165, 1.54) is 19.3 Å². The standard InChI is InChI=1S/C11H19NO2/c13-11-9-7-5-3-1-2-4-6-8-10(11)12-14/h14H,1-9H2. The molecule has 0 unspecified atom stereocenters. The van der Waals surface area contributed by atoms with Gasteiger partial charge in [-0.1, -0.05) is 37.3 Å². The first-order valence-corrected chi connectivity index (χ1v) is 5.58. The molecule has 0 amide bonds. The lowest BCUT2D eigenvalue weighted by Crippen LogP contribution is -2.13. The van der Waals surface area contributed by atoms with E-state index in [0.717, 1.165) is 25.7 Å². The van der Waals surface area contributed by atoms with E-state index in [1.807, 2.05) is 0 Å². The molecule has 14 heavy (non-hydrogen) atoms. The smallest absolute Gasteiger partial charge is 0.180 e. The second kappa shape index (κ2) is 6.57. The lowest BCUT2D eigenvalue weighted by molar-refractivity contribution is -0.113. The monoisotopic (exact) mass is 197 g/mol. The highest BCUT2D eigenvalue weighted by Crippen LogP contribution is 2.13. The van der Waals surface area contributed by atoms with Crippen molar-refractivity contribution in [3.8, 4) is 0 Å². The van der Waals surface area contributed by atoms with E-state index in [9.17, 15) is 4.79 Å². The van der Waals surface area contributed by atoms with Gasteiger partial charge in [-0.2, -0.15) is 0 Å². The van der Waals surface area contributed by atoms with E-state index >= 15 is 0 Å². The number of ketones is 1. The Morgan fingerprint density at radius 3 is 1.93 bits per heavy atom. The molecule has 0 radical (unpaired) electrons. The molecule has 1 rings (SSSR count). The minimum Gasteiger partial charge on any atom is -0.411 e. The minimum atomic E-state index is 0.0365. The van der Waals surface area contributed by atoms with E-state index in [1.54, 1.807) is 0 Å². The summed E-state index contributed by atoms with van der Waals surface area (Å²) >= 11 is 0. The van der Waals surface area contributed by atoms with E-state index in [4.69, 9.17) is 5.21 Å². The van der Waals surface area contributed by atoms with Crippen molar-refractivity contribution < 1.29 is 10.0 Å². The molecule has 1 aliphatic carbocycles. The molecule has 1 saturated carbocycles. The first kappa shape index (κ1) is 11.2. The van der Waals surface area contributed by atoms with Crippen molar-refractivity contribution in [2.24, 2.45) is 5.16 Å². The molecule has 3 heteroatoms. The number of carbonyl (C=O) groups excluding carboxylic acids is 1. The molecule has 1 N–H and O–H groups in total. The molecule has 80 valence electrons. The highest BCUT2D eigenvalue weighted by molar-refractivity contribution is 6.39. The largest absolute Gasteiger partial charge is 0.411 e. The van der Waals surface area contributed by atoms with Crippen LogP contribution in [0.2, 0.25) is 0 Å². The summed E-state index contributed by atoms with van der Waals surface area (Å²) in [7, 11) is 0. The summed E-state index contributed by atoms with van der Waals surface area (Å²) in [5.41, 5.74) is 0.381. The molecule has 0 saturated heterocycles. The number of nitrogens with zero attached hydrogens (tertiary/aromatic N) is 1. The van der Waals surface area contributed by atoms with Crippen LogP contribution in [0.15, 0.2) is 5.16 Å². The van der Waals surface area contributed by atoms with Crippen LogP contribution in [0.4, 0.5) is 0 Å². The van der Waals surface area contributed by atoms with Crippen LogP contribution in [0.1, 0.15) is 57.8 Å². The van der Waals surface area contributed by atoms with Crippen LogP contribution in [0, 0.1) is 0 Å². The van der Waals surface area contributed by atoms with Crippen LogP contribution in [-0.2, 0) is 4.79 Å². The summed E-state index contributed by atoms with van der Waals surface area (Å²) < 4.78 is 0. The summed E-state index contributed by atoms with van der Waals surface area (Å²) in [6, 6.07) is 0. The third-order valence-electron chi connectivity index (χ3n) is 2.76. The van der Waals surface area contributed by atoms with E-state index in [2.05, 4.69) is 5.16 Å². The Morgan fingerprint density at radius 2 is 1.36 bits per heavy atom. The van der Waals surface area contributed by atoms with Gasteiger partial charge in [0.2, 0.25) is 0 Å². The van der Waals surface area contributed by atoms with Gasteiger partial charge in [0.1, 0.15) is 5.71 Å². The molecule has 0 spiro atoms. The zero-order valence-corrected chi connectivity index (χ0v) is 8.67. The molecule has 0 aromatic heterocycles. The molecule has 1 fully saturated rings. The molecule has 1 aliphatic rings. The molecule has 3 nitrogen and oxygen atoms in total. The van der Waals surface area contributed by atoms with Crippen LogP contribution in [0.3, 0.4) is 0 Å². The summed E-state index contributed by atoms with van der Waals surface area (Å²) in [5.74, 6) is 0.0365. The van der Waals surface area contributed by atoms with Crippen molar-refractivity contribution in [2.75, 3.05) is 0 Å². The Kier molecular flexibility index (Phi) is 5.27. The number of oxime groups is 1.